The summed E-state index contributed by atoms with van der Waals surface area (Å²) >= 11 is 0. The van der Waals surface area contributed by atoms with Crippen molar-refractivity contribution in [2.75, 3.05) is 24.6 Å². The molecule has 4 heterocycles. The summed E-state index contributed by atoms with van der Waals surface area (Å²) in [6, 6.07) is 12.3. The van der Waals surface area contributed by atoms with Crippen LogP contribution in [0.15, 0.2) is 54.7 Å². The molecular formula is C28H30FN5O6. The minimum Gasteiger partial charge on any atom is -0.394 e. The summed E-state index contributed by atoms with van der Waals surface area (Å²) in [6.45, 7) is 0.664. The topological polar surface area (TPSA) is 141 Å². The SMILES string of the molecule is O=Cc1ccc(N2C[C@@H]3C[C@H]2CN3C(=O)C[C@@H]2O[C@H](CO)[C@H](O)[C@H](n3cc(-c4cccc(F)c4)nn3)[C@H]2O)cc1. The number of rotatable bonds is 7. The van der Waals surface area contributed by atoms with Gasteiger partial charge in [0, 0.05) is 35.9 Å². The van der Waals surface area contributed by atoms with Crippen molar-refractivity contribution in [3.63, 3.8) is 0 Å². The number of carbonyl (C=O) groups is 2. The van der Waals surface area contributed by atoms with E-state index in [-0.39, 0.29) is 24.4 Å². The van der Waals surface area contributed by atoms with Crippen LogP contribution in [0, 0.1) is 5.82 Å². The van der Waals surface area contributed by atoms with Crippen LogP contribution in [-0.4, -0.2) is 104 Å². The number of hydrogen-bond acceptors (Lipinski definition) is 9. The highest BCUT2D eigenvalue weighted by molar-refractivity contribution is 5.79. The number of aliphatic hydroxyl groups is 3. The number of ether oxygens (including phenoxy) is 1. The fourth-order valence-electron chi connectivity index (χ4n) is 6.19. The Bertz CT molecular complexity index is 1390. The number of aldehydes is 1. The van der Waals surface area contributed by atoms with Crippen molar-refractivity contribution < 1.29 is 34.0 Å². The van der Waals surface area contributed by atoms with Crippen LogP contribution < -0.4 is 4.90 Å². The van der Waals surface area contributed by atoms with Crippen molar-refractivity contribution in [2.24, 2.45) is 0 Å². The summed E-state index contributed by atoms with van der Waals surface area (Å²) in [5.74, 6) is -0.620. The van der Waals surface area contributed by atoms with Gasteiger partial charge in [-0.2, -0.15) is 0 Å². The Labute approximate surface area is 229 Å². The number of carbonyl (C=O) groups excluding carboxylic acids is 2. The number of likely N-dealkylation sites (tertiary alicyclic amines) is 1. The third kappa shape index (κ3) is 4.77. The maximum absolute atomic E-state index is 13.7. The van der Waals surface area contributed by atoms with E-state index in [0.29, 0.717) is 29.9 Å². The molecule has 2 bridgehead atoms. The summed E-state index contributed by atoms with van der Waals surface area (Å²) in [4.78, 5) is 28.4. The molecule has 2 aromatic carbocycles. The molecule has 12 heteroatoms. The number of aromatic nitrogens is 3. The lowest BCUT2D eigenvalue weighted by Gasteiger charge is -2.43. The first-order valence-corrected chi connectivity index (χ1v) is 13.3. The molecular weight excluding hydrogens is 521 g/mol. The third-order valence-corrected chi connectivity index (χ3v) is 8.22. The summed E-state index contributed by atoms with van der Waals surface area (Å²) in [7, 11) is 0. The van der Waals surface area contributed by atoms with Gasteiger partial charge in [-0.05, 0) is 42.8 Å². The van der Waals surface area contributed by atoms with Gasteiger partial charge in [-0.1, -0.05) is 17.3 Å². The van der Waals surface area contributed by atoms with E-state index in [2.05, 4.69) is 15.2 Å². The zero-order chi connectivity index (χ0) is 28.0. The first-order chi connectivity index (χ1) is 19.4. The molecule has 0 saturated carbocycles. The van der Waals surface area contributed by atoms with Crippen LogP contribution in [0.4, 0.5) is 10.1 Å². The number of benzene rings is 2. The molecule has 1 amide bonds. The van der Waals surface area contributed by atoms with E-state index >= 15 is 0 Å². The van der Waals surface area contributed by atoms with Crippen molar-refractivity contribution in [1.29, 1.82) is 0 Å². The molecule has 11 nitrogen and oxygen atoms in total. The Morgan fingerprint density at radius 2 is 1.85 bits per heavy atom. The zero-order valence-corrected chi connectivity index (χ0v) is 21.5. The second-order valence-electron chi connectivity index (χ2n) is 10.6. The molecule has 3 aliphatic heterocycles. The van der Waals surface area contributed by atoms with Crippen LogP contribution in [0.2, 0.25) is 0 Å². The minimum absolute atomic E-state index is 0.00292. The minimum atomic E-state index is -1.32. The van der Waals surface area contributed by atoms with Gasteiger partial charge in [0.15, 0.2) is 0 Å². The van der Waals surface area contributed by atoms with E-state index in [1.54, 1.807) is 24.3 Å². The molecule has 210 valence electrons. The third-order valence-electron chi connectivity index (χ3n) is 8.22. The Morgan fingerprint density at radius 3 is 2.52 bits per heavy atom. The lowest BCUT2D eigenvalue weighted by molar-refractivity contribution is -0.208. The fourth-order valence-corrected chi connectivity index (χ4v) is 6.19. The average Bonchev–Trinajstić information content (AvgIpc) is 3.71. The van der Waals surface area contributed by atoms with Crippen molar-refractivity contribution in [3.8, 4) is 11.3 Å². The van der Waals surface area contributed by atoms with Crippen LogP contribution in [-0.2, 0) is 9.53 Å². The van der Waals surface area contributed by atoms with Gasteiger partial charge in [0.05, 0.1) is 31.4 Å². The molecule has 3 aliphatic rings. The smallest absolute Gasteiger partial charge is 0.225 e. The van der Waals surface area contributed by atoms with Crippen LogP contribution in [0.3, 0.4) is 0 Å². The number of anilines is 1. The van der Waals surface area contributed by atoms with Gasteiger partial charge in [-0.15, -0.1) is 5.10 Å². The highest BCUT2D eigenvalue weighted by atomic mass is 19.1. The van der Waals surface area contributed by atoms with Crippen molar-refractivity contribution in [2.45, 2.75) is 55.4 Å². The molecule has 0 spiro atoms. The van der Waals surface area contributed by atoms with E-state index in [4.69, 9.17) is 4.74 Å². The molecule has 1 aromatic heterocycles. The van der Waals surface area contributed by atoms with E-state index in [0.717, 1.165) is 18.4 Å². The predicted octanol–water partition coefficient (Wildman–Crippen LogP) is 0.799. The van der Waals surface area contributed by atoms with Gasteiger partial charge >= 0.3 is 0 Å². The number of fused-ring (bicyclic) bond motifs is 2. The number of piperazine rings is 1. The maximum atomic E-state index is 13.7. The van der Waals surface area contributed by atoms with Gasteiger partial charge in [0.1, 0.15) is 42.2 Å². The lowest BCUT2D eigenvalue weighted by Crippen LogP contribution is -2.57. The van der Waals surface area contributed by atoms with Gasteiger partial charge in [-0.25, -0.2) is 9.07 Å². The number of hydrogen-bond donors (Lipinski definition) is 3. The van der Waals surface area contributed by atoms with Crippen LogP contribution >= 0.6 is 0 Å². The number of nitrogens with zero attached hydrogens (tertiary/aromatic N) is 5. The van der Waals surface area contributed by atoms with E-state index in [1.165, 1.54) is 23.0 Å². The second-order valence-corrected chi connectivity index (χ2v) is 10.6. The van der Waals surface area contributed by atoms with Crippen molar-refractivity contribution in [3.05, 3.63) is 66.1 Å². The largest absolute Gasteiger partial charge is 0.394 e. The predicted molar refractivity (Wildman–Crippen MR) is 140 cm³/mol. The number of halogens is 1. The lowest BCUT2D eigenvalue weighted by atomic mass is 9.91. The molecule has 3 N–H and O–H groups in total. The maximum Gasteiger partial charge on any atom is 0.225 e. The Kier molecular flexibility index (Phi) is 7.09. The molecule has 6 rings (SSSR count). The number of aliphatic hydroxyl groups excluding tert-OH is 3. The fraction of sp³-hybridized carbons (Fsp3) is 0.429. The quantitative estimate of drug-likeness (QED) is 0.364. The summed E-state index contributed by atoms with van der Waals surface area (Å²) in [5, 5.41) is 40.1. The van der Waals surface area contributed by atoms with Gasteiger partial charge in [0.2, 0.25) is 5.91 Å². The van der Waals surface area contributed by atoms with Crippen LogP contribution in [0.25, 0.3) is 11.3 Å². The molecule has 0 radical (unpaired) electrons. The van der Waals surface area contributed by atoms with Gasteiger partial charge in [0.25, 0.3) is 0 Å². The van der Waals surface area contributed by atoms with Gasteiger partial charge in [-0.3, -0.25) is 9.59 Å². The van der Waals surface area contributed by atoms with E-state index < -0.39 is 42.9 Å². The highest BCUT2D eigenvalue weighted by Gasteiger charge is 2.49. The summed E-state index contributed by atoms with van der Waals surface area (Å²) in [6.07, 6.45) is -1.72. The van der Waals surface area contributed by atoms with Crippen LogP contribution in [0.5, 0.6) is 0 Å². The molecule has 0 aliphatic carbocycles. The van der Waals surface area contributed by atoms with Gasteiger partial charge < -0.3 is 29.9 Å². The van der Waals surface area contributed by atoms with Crippen molar-refractivity contribution >= 4 is 17.9 Å². The first-order valence-electron chi connectivity index (χ1n) is 13.3. The standard InChI is InChI=1S/C28H30FN5O6/c29-18-3-1-2-17(8-18)22-13-34(31-30-22)26-27(38)23(40-24(15-36)28(26)39)10-25(37)33-12-20-9-21(33)11-32(20)19-6-4-16(14-35)5-7-19/h1-8,13-14,20-21,23-24,26-28,36,38-39H,9-12,15H2/t20-,21-,23-,24+,26+,27-,28-/m0/s1. The molecule has 3 aromatic rings. The van der Waals surface area contributed by atoms with E-state index in [1.807, 2.05) is 17.0 Å². The first kappa shape index (κ1) is 26.5. The molecule has 3 saturated heterocycles. The second kappa shape index (κ2) is 10.7. The molecule has 40 heavy (non-hydrogen) atoms. The van der Waals surface area contributed by atoms with E-state index in [9.17, 15) is 29.3 Å². The Hall–Kier alpha value is -3.71. The average molecular weight is 552 g/mol. The van der Waals surface area contributed by atoms with Crippen LogP contribution in [0.1, 0.15) is 29.2 Å². The normalized spacial score (nSPS) is 29.6. The summed E-state index contributed by atoms with van der Waals surface area (Å²) < 4.78 is 20.8. The number of amides is 1. The Morgan fingerprint density at radius 1 is 1.07 bits per heavy atom. The molecule has 0 unspecified atom stereocenters. The summed E-state index contributed by atoms with van der Waals surface area (Å²) in [5.41, 5.74) is 2.43. The Balaban J connectivity index is 1.15. The zero-order valence-electron chi connectivity index (χ0n) is 21.5. The highest BCUT2D eigenvalue weighted by Crippen LogP contribution is 2.37. The monoisotopic (exact) mass is 551 g/mol. The molecule has 7 atom stereocenters. The van der Waals surface area contributed by atoms with Crippen molar-refractivity contribution in [1.82, 2.24) is 19.9 Å². The molecule has 3 fully saturated rings.